The molecule has 17 heavy (non-hydrogen) atoms. The van der Waals surface area contributed by atoms with Crippen molar-refractivity contribution in [2.75, 3.05) is 0 Å². The van der Waals surface area contributed by atoms with Gasteiger partial charge < -0.3 is 4.74 Å². The average Bonchev–Trinajstić information content (AvgIpc) is 2.36. The summed E-state index contributed by atoms with van der Waals surface area (Å²) in [5.74, 6) is -1.15. The van der Waals surface area contributed by atoms with Crippen LogP contribution in [-0.4, -0.2) is 0 Å². The largest absolute Gasteiger partial charge is 0.489 e. The van der Waals surface area contributed by atoms with E-state index in [1.54, 1.807) is 12.1 Å². The van der Waals surface area contributed by atoms with Crippen LogP contribution in [0.4, 0.5) is 8.78 Å². The van der Waals surface area contributed by atoms with Crippen LogP contribution in [0.2, 0.25) is 0 Å². The van der Waals surface area contributed by atoms with E-state index in [4.69, 9.17) is 4.74 Å². The lowest BCUT2D eigenvalue weighted by molar-refractivity contribution is 0.297. The molecule has 4 heteroatoms. The molecule has 0 amide bonds. The third kappa shape index (κ3) is 2.82. The number of benzene rings is 2. The molecular weight excluding hydrogens is 290 g/mol. The minimum absolute atomic E-state index is 0.0000463. The van der Waals surface area contributed by atoms with Crippen molar-refractivity contribution in [2.45, 2.75) is 6.61 Å². The van der Waals surface area contributed by atoms with Gasteiger partial charge in [-0.05, 0) is 34.1 Å². The predicted octanol–water partition coefficient (Wildman–Crippen LogP) is 4.31. The van der Waals surface area contributed by atoms with E-state index in [1.807, 2.05) is 18.2 Å². The van der Waals surface area contributed by atoms with E-state index in [9.17, 15) is 8.78 Å². The molecule has 0 bridgehead atoms. The lowest BCUT2D eigenvalue weighted by atomic mass is 10.2. The summed E-state index contributed by atoms with van der Waals surface area (Å²) in [4.78, 5) is 0. The summed E-state index contributed by atoms with van der Waals surface area (Å²) < 4.78 is 32.2. The van der Waals surface area contributed by atoms with Crippen LogP contribution < -0.4 is 4.74 Å². The van der Waals surface area contributed by atoms with E-state index in [0.29, 0.717) is 5.75 Å². The third-order valence-corrected chi connectivity index (χ3v) is 2.87. The quantitative estimate of drug-likeness (QED) is 0.768. The molecule has 1 nitrogen and oxygen atoms in total. The minimum atomic E-state index is -0.890. The Balaban J connectivity index is 2.13. The molecule has 2 aromatic carbocycles. The third-order valence-electron chi connectivity index (χ3n) is 2.25. The predicted molar refractivity (Wildman–Crippen MR) is 64.8 cm³/mol. The number of para-hydroxylation sites is 1. The van der Waals surface area contributed by atoms with Gasteiger partial charge in [-0.2, -0.15) is 0 Å². The van der Waals surface area contributed by atoms with E-state index >= 15 is 0 Å². The van der Waals surface area contributed by atoms with E-state index in [0.717, 1.165) is 0 Å². The van der Waals surface area contributed by atoms with Crippen LogP contribution in [0.15, 0.2) is 46.9 Å². The Kier molecular flexibility index (Phi) is 3.74. The van der Waals surface area contributed by atoms with Crippen molar-refractivity contribution < 1.29 is 13.5 Å². The van der Waals surface area contributed by atoms with Gasteiger partial charge in [0.05, 0.1) is 4.47 Å². The second kappa shape index (κ2) is 5.27. The maximum atomic E-state index is 13.5. The van der Waals surface area contributed by atoms with Gasteiger partial charge in [0, 0.05) is 5.56 Å². The van der Waals surface area contributed by atoms with Crippen molar-refractivity contribution in [1.29, 1.82) is 0 Å². The van der Waals surface area contributed by atoms with Crippen molar-refractivity contribution in [3.05, 3.63) is 64.1 Å². The van der Waals surface area contributed by atoms with E-state index < -0.39 is 11.6 Å². The van der Waals surface area contributed by atoms with Gasteiger partial charge in [0.1, 0.15) is 12.4 Å². The number of hydrogen-bond donors (Lipinski definition) is 0. The van der Waals surface area contributed by atoms with Crippen LogP contribution in [0.3, 0.4) is 0 Å². The van der Waals surface area contributed by atoms with Crippen LogP contribution in [0, 0.1) is 11.6 Å². The smallest absolute Gasteiger partial charge is 0.173 e. The first-order valence-corrected chi connectivity index (χ1v) is 5.78. The summed E-state index contributed by atoms with van der Waals surface area (Å²) >= 11 is 2.92. The zero-order valence-electron chi connectivity index (χ0n) is 8.79. The second-order valence-corrected chi connectivity index (χ2v) is 4.29. The standard InChI is InChI=1S/C13H9BrF2O/c14-11-7-6-9(12(15)13(11)16)8-17-10-4-2-1-3-5-10/h1-7H,8H2. The van der Waals surface area contributed by atoms with Crippen molar-refractivity contribution in [3.63, 3.8) is 0 Å². The van der Waals surface area contributed by atoms with Gasteiger partial charge >= 0.3 is 0 Å². The van der Waals surface area contributed by atoms with Gasteiger partial charge in [-0.3, -0.25) is 0 Å². The van der Waals surface area contributed by atoms with Crippen molar-refractivity contribution in [1.82, 2.24) is 0 Å². The molecule has 0 unspecified atom stereocenters. The van der Waals surface area contributed by atoms with Crippen LogP contribution >= 0.6 is 15.9 Å². The Morgan fingerprint density at radius 1 is 0.941 bits per heavy atom. The summed E-state index contributed by atoms with van der Waals surface area (Å²) in [6, 6.07) is 11.9. The van der Waals surface area contributed by atoms with Gasteiger partial charge in [-0.1, -0.05) is 24.3 Å². The molecule has 2 rings (SSSR count). The highest BCUT2D eigenvalue weighted by Gasteiger charge is 2.11. The first kappa shape index (κ1) is 12.0. The summed E-state index contributed by atoms with van der Waals surface area (Å²) in [7, 11) is 0. The molecule has 0 saturated carbocycles. The summed E-state index contributed by atoms with van der Waals surface area (Å²) in [5.41, 5.74) is 0.189. The molecule has 0 spiro atoms. The molecule has 0 aliphatic carbocycles. The van der Waals surface area contributed by atoms with Gasteiger partial charge in [-0.15, -0.1) is 0 Å². The van der Waals surface area contributed by atoms with Crippen LogP contribution in [0.5, 0.6) is 5.75 Å². The summed E-state index contributed by atoms with van der Waals surface area (Å²) in [6.07, 6.45) is 0. The number of ether oxygens (including phenoxy) is 1. The molecule has 0 atom stereocenters. The highest BCUT2D eigenvalue weighted by molar-refractivity contribution is 9.10. The second-order valence-electron chi connectivity index (χ2n) is 3.44. The molecule has 0 aromatic heterocycles. The minimum Gasteiger partial charge on any atom is -0.489 e. The Morgan fingerprint density at radius 2 is 1.65 bits per heavy atom. The molecular formula is C13H9BrF2O. The van der Waals surface area contributed by atoms with Gasteiger partial charge in [0.25, 0.3) is 0 Å². The van der Waals surface area contributed by atoms with Crippen LogP contribution in [0.25, 0.3) is 0 Å². The lowest BCUT2D eigenvalue weighted by Gasteiger charge is -2.08. The maximum absolute atomic E-state index is 13.5. The highest BCUT2D eigenvalue weighted by Crippen LogP contribution is 2.22. The van der Waals surface area contributed by atoms with Crippen molar-refractivity contribution in [3.8, 4) is 5.75 Å². The highest BCUT2D eigenvalue weighted by atomic mass is 79.9. The fourth-order valence-electron chi connectivity index (χ4n) is 1.36. The zero-order valence-corrected chi connectivity index (χ0v) is 10.4. The number of rotatable bonds is 3. The Hall–Kier alpha value is -1.42. The number of halogens is 3. The van der Waals surface area contributed by atoms with Gasteiger partial charge in [0.2, 0.25) is 0 Å². The van der Waals surface area contributed by atoms with Crippen molar-refractivity contribution >= 4 is 15.9 Å². The lowest BCUT2D eigenvalue weighted by Crippen LogP contribution is -2.01. The molecule has 0 saturated heterocycles. The monoisotopic (exact) mass is 298 g/mol. The molecule has 0 fully saturated rings. The van der Waals surface area contributed by atoms with Gasteiger partial charge in [0.15, 0.2) is 11.6 Å². The van der Waals surface area contributed by atoms with E-state index in [1.165, 1.54) is 12.1 Å². The summed E-state index contributed by atoms with van der Waals surface area (Å²) in [6.45, 7) is 0.0000463. The first-order chi connectivity index (χ1) is 8.18. The van der Waals surface area contributed by atoms with E-state index in [2.05, 4.69) is 15.9 Å². The van der Waals surface area contributed by atoms with Gasteiger partial charge in [-0.25, -0.2) is 8.78 Å². The average molecular weight is 299 g/mol. The molecule has 0 N–H and O–H groups in total. The fourth-order valence-corrected chi connectivity index (χ4v) is 1.66. The zero-order chi connectivity index (χ0) is 12.3. The molecule has 0 heterocycles. The Bertz CT molecular complexity index is 514. The summed E-state index contributed by atoms with van der Waals surface area (Å²) in [5, 5.41) is 0. The molecule has 0 aliphatic heterocycles. The fraction of sp³-hybridized carbons (Fsp3) is 0.0769. The van der Waals surface area contributed by atoms with Crippen LogP contribution in [-0.2, 0) is 6.61 Å². The Labute approximate surface area is 106 Å². The maximum Gasteiger partial charge on any atom is 0.173 e. The normalized spacial score (nSPS) is 10.3. The van der Waals surface area contributed by atoms with E-state index in [-0.39, 0.29) is 16.6 Å². The SMILES string of the molecule is Fc1c(Br)ccc(COc2ccccc2)c1F. The molecule has 0 aliphatic rings. The Morgan fingerprint density at radius 3 is 2.35 bits per heavy atom. The number of hydrogen-bond acceptors (Lipinski definition) is 1. The molecule has 2 aromatic rings. The topological polar surface area (TPSA) is 9.23 Å². The van der Waals surface area contributed by atoms with Crippen LogP contribution in [0.1, 0.15) is 5.56 Å². The molecule has 88 valence electrons. The first-order valence-electron chi connectivity index (χ1n) is 4.98. The van der Waals surface area contributed by atoms with Crippen molar-refractivity contribution in [2.24, 2.45) is 0 Å². The molecule has 0 radical (unpaired) electrons.